The maximum absolute atomic E-state index is 11.9. The molecule has 0 radical (unpaired) electrons. The SMILES string of the molecule is C/C(=N/NC(=O)COc1ccccc1C#N)c1cc2cc(Br)ccc2o1. The lowest BCUT2D eigenvalue weighted by atomic mass is 10.2. The fourth-order valence-corrected chi connectivity index (χ4v) is 2.63. The fourth-order valence-electron chi connectivity index (χ4n) is 2.25. The minimum Gasteiger partial charge on any atom is -0.482 e. The second-order valence-corrected chi connectivity index (χ2v) is 6.34. The predicted molar refractivity (Wildman–Crippen MR) is 101 cm³/mol. The van der Waals surface area contributed by atoms with Crippen LogP contribution in [0.5, 0.6) is 5.75 Å². The Labute approximate surface area is 158 Å². The van der Waals surface area contributed by atoms with E-state index in [1.165, 1.54) is 0 Å². The number of halogens is 1. The highest BCUT2D eigenvalue weighted by Crippen LogP contribution is 2.23. The highest BCUT2D eigenvalue weighted by atomic mass is 79.9. The Morgan fingerprint density at radius 3 is 2.92 bits per heavy atom. The first-order chi connectivity index (χ1) is 12.6. The molecule has 0 aliphatic rings. The number of fused-ring (bicyclic) bond motifs is 1. The van der Waals surface area contributed by atoms with E-state index in [1.54, 1.807) is 31.2 Å². The van der Waals surface area contributed by atoms with Crippen LogP contribution in [0.3, 0.4) is 0 Å². The van der Waals surface area contributed by atoms with Crippen LogP contribution in [0.15, 0.2) is 62.5 Å². The van der Waals surface area contributed by atoms with Gasteiger partial charge in [-0.05, 0) is 43.3 Å². The molecule has 3 rings (SSSR count). The van der Waals surface area contributed by atoms with Crippen molar-refractivity contribution in [2.75, 3.05) is 6.61 Å². The van der Waals surface area contributed by atoms with Gasteiger partial charge in [-0.1, -0.05) is 28.1 Å². The van der Waals surface area contributed by atoms with E-state index < -0.39 is 5.91 Å². The van der Waals surface area contributed by atoms with Crippen molar-refractivity contribution in [2.45, 2.75) is 6.92 Å². The van der Waals surface area contributed by atoms with Crippen molar-refractivity contribution >= 4 is 38.5 Å². The molecule has 6 nitrogen and oxygen atoms in total. The van der Waals surface area contributed by atoms with Crippen molar-refractivity contribution in [1.29, 1.82) is 5.26 Å². The second kappa shape index (κ2) is 7.85. The van der Waals surface area contributed by atoms with E-state index in [0.717, 1.165) is 15.4 Å². The maximum Gasteiger partial charge on any atom is 0.277 e. The zero-order valence-electron chi connectivity index (χ0n) is 13.8. The van der Waals surface area contributed by atoms with Gasteiger partial charge in [0.25, 0.3) is 5.91 Å². The molecule has 0 saturated heterocycles. The normalized spacial score (nSPS) is 11.2. The molecule has 0 spiro atoms. The summed E-state index contributed by atoms with van der Waals surface area (Å²) in [6.07, 6.45) is 0. The average Bonchev–Trinajstić information content (AvgIpc) is 3.07. The number of hydrogen-bond donors (Lipinski definition) is 1. The summed E-state index contributed by atoms with van der Waals surface area (Å²) < 4.78 is 12.0. The summed E-state index contributed by atoms with van der Waals surface area (Å²) in [6, 6.07) is 16.3. The maximum atomic E-state index is 11.9. The van der Waals surface area contributed by atoms with Gasteiger partial charge in [0.2, 0.25) is 0 Å². The van der Waals surface area contributed by atoms with Crippen LogP contribution in [0.25, 0.3) is 11.0 Å². The Morgan fingerprint density at radius 2 is 2.12 bits per heavy atom. The monoisotopic (exact) mass is 411 g/mol. The molecule has 1 heterocycles. The van der Waals surface area contributed by atoms with Gasteiger partial charge in [0.05, 0.1) is 5.56 Å². The lowest BCUT2D eigenvalue weighted by molar-refractivity contribution is -0.123. The molecule has 7 heteroatoms. The molecule has 26 heavy (non-hydrogen) atoms. The largest absolute Gasteiger partial charge is 0.482 e. The molecule has 0 bridgehead atoms. The van der Waals surface area contributed by atoms with Crippen LogP contribution in [0.4, 0.5) is 0 Å². The lowest BCUT2D eigenvalue weighted by Gasteiger charge is -2.06. The summed E-state index contributed by atoms with van der Waals surface area (Å²) in [5.74, 6) is 0.485. The van der Waals surface area contributed by atoms with E-state index in [0.29, 0.717) is 22.8 Å². The third-order valence-corrected chi connectivity index (χ3v) is 4.04. The first-order valence-corrected chi connectivity index (χ1v) is 8.50. The van der Waals surface area contributed by atoms with Crippen LogP contribution >= 0.6 is 15.9 Å². The smallest absolute Gasteiger partial charge is 0.277 e. The van der Waals surface area contributed by atoms with Crippen LogP contribution in [-0.2, 0) is 4.79 Å². The van der Waals surface area contributed by atoms with Gasteiger partial charge in [-0.15, -0.1) is 0 Å². The molecule has 1 N–H and O–H groups in total. The van der Waals surface area contributed by atoms with Gasteiger partial charge in [0.15, 0.2) is 12.4 Å². The fraction of sp³-hybridized carbons (Fsp3) is 0.105. The number of carbonyl (C=O) groups excluding carboxylic acids is 1. The number of nitrogens with zero attached hydrogens (tertiary/aromatic N) is 2. The molecule has 0 fully saturated rings. The number of hydrogen-bond acceptors (Lipinski definition) is 5. The molecule has 0 aliphatic heterocycles. The number of rotatable bonds is 5. The Hall–Kier alpha value is -3.11. The minimum absolute atomic E-state index is 0.247. The van der Waals surface area contributed by atoms with E-state index in [9.17, 15) is 4.79 Å². The van der Waals surface area contributed by atoms with Crippen molar-refractivity contribution in [3.8, 4) is 11.8 Å². The topological polar surface area (TPSA) is 87.6 Å². The summed E-state index contributed by atoms with van der Waals surface area (Å²) in [4.78, 5) is 11.9. The summed E-state index contributed by atoms with van der Waals surface area (Å²) in [6.45, 7) is 1.49. The number of benzene rings is 2. The Bertz CT molecular complexity index is 1030. The zero-order chi connectivity index (χ0) is 18.5. The van der Waals surface area contributed by atoms with Gasteiger partial charge in [-0.25, -0.2) is 5.43 Å². The number of ether oxygens (including phenoxy) is 1. The molecule has 0 saturated carbocycles. The van der Waals surface area contributed by atoms with Crippen molar-refractivity contribution in [1.82, 2.24) is 5.43 Å². The van der Waals surface area contributed by atoms with Crippen LogP contribution in [0.2, 0.25) is 0 Å². The van der Waals surface area contributed by atoms with Gasteiger partial charge in [-0.2, -0.15) is 10.4 Å². The average molecular weight is 412 g/mol. The standard InChI is InChI=1S/C19H14BrN3O3/c1-12(18-9-14-8-15(20)6-7-17(14)26-18)22-23-19(24)11-25-16-5-3-2-4-13(16)10-21/h2-9H,11H2,1H3,(H,23,24)/b22-12-. The number of nitriles is 1. The summed E-state index contributed by atoms with van der Waals surface area (Å²) in [7, 11) is 0. The Kier molecular flexibility index (Phi) is 5.34. The van der Waals surface area contributed by atoms with Crippen LogP contribution < -0.4 is 10.2 Å². The molecule has 0 aliphatic carbocycles. The van der Waals surface area contributed by atoms with E-state index in [1.807, 2.05) is 30.3 Å². The second-order valence-electron chi connectivity index (χ2n) is 5.42. The van der Waals surface area contributed by atoms with E-state index >= 15 is 0 Å². The predicted octanol–water partition coefficient (Wildman–Crippen LogP) is 3.99. The highest BCUT2D eigenvalue weighted by Gasteiger charge is 2.09. The first-order valence-electron chi connectivity index (χ1n) is 7.71. The van der Waals surface area contributed by atoms with Crippen LogP contribution in [-0.4, -0.2) is 18.2 Å². The molecule has 3 aromatic rings. The van der Waals surface area contributed by atoms with Gasteiger partial charge in [0, 0.05) is 9.86 Å². The van der Waals surface area contributed by atoms with Crippen molar-refractivity contribution < 1.29 is 13.9 Å². The number of amides is 1. The van der Waals surface area contributed by atoms with Crippen LogP contribution in [0, 0.1) is 11.3 Å². The van der Waals surface area contributed by atoms with E-state index in [2.05, 4.69) is 26.5 Å². The first kappa shape index (κ1) is 17.7. The zero-order valence-corrected chi connectivity index (χ0v) is 15.4. The molecule has 1 amide bonds. The number of hydrazone groups is 1. The van der Waals surface area contributed by atoms with Gasteiger partial charge < -0.3 is 9.15 Å². The molecular formula is C19H14BrN3O3. The number of carbonyl (C=O) groups is 1. The molecule has 1 aromatic heterocycles. The molecule has 0 unspecified atom stereocenters. The molecule has 2 aromatic carbocycles. The summed E-state index contributed by atoms with van der Waals surface area (Å²) >= 11 is 3.41. The Balaban J connectivity index is 1.62. The van der Waals surface area contributed by atoms with Crippen molar-refractivity contribution in [3.05, 3.63) is 64.3 Å². The van der Waals surface area contributed by atoms with Gasteiger partial charge in [0.1, 0.15) is 23.1 Å². The third-order valence-electron chi connectivity index (χ3n) is 3.55. The minimum atomic E-state index is -0.434. The van der Waals surface area contributed by atoms with E-state index in [4.69, 9.17) is 14.4 Å². The van der Waals surface area contributed by atoms with Gasteiger partial charge >= 0.3 is 0 Å². The molecule has 0 atom stereocenters. The lowest BCUT2D eigenvalue weighted by Crippen LogP contribution is -2.25. The number of para-hydroxylation sites is 1. The van der Waals surface area contributed by atoms with Crippen molar-refractivity contribution in [3.63, 3.8) is 0 Å². The highest BCUT2D eigenvalue weighted by molar-refractivity contribution is 9.10. The molecular weight excluding hydrogens is 398 g/mol. The quantitative estimate of drug-likeness (QED) is 0.507. The van der Waals surface area contributed by atoms with Crippen molar-refractivity contribution in [2.24, 2.45) is 5.10 Å². The van der Waals surface area contributed by atoms with E-state index in [-0.39, 0.29) is 6.61 Å². The summed E-state index contributed by atoms with van der Waals surface area (Å²) in [5.41, 5.74) is 4.05. The summed E-state index contributed by atoms with van der Waals surface area (Å²) in [5, 5.41) is 14.0. The molecule has 130 valence electrons. The van der Waals surface area contributed by atoms with Gasteiger partial charge in [-0.3, -0.25) is 4.79 Å². The Morgan fingerprint density at radius 1 is 1.31 bits per heavy atom. The van der Waals surface area contributed by atoms with Crippen LogP contribution in [0.1, 0.15) is 18.2 Å². The number of furan rings is 1. The third kappa shape index (κ3) is 4.10. The number of nitrogens with one attached hydrogen (secondary N) is 1.